The van der Waals surface area contributed by atoms with Crippen molar-refractivity contribution in [3.8, 4) is 0 Å². The van der Waals surface area contributed by atoms with Gasteiger partial charge in [0.05, 0.1) is 11.6 Å². The summed E-state index contributed by atoms with van der Waals surface area (Å²) in [4.78, 5) is 2.48. The van der Waals surface area contributed by atoms with Crippen LogP contribution in [0.15, 0.2) is 0 Å². The zero-order valence-corrected chi connectivity index (χ0v) is 12.3. The molecule has 0 aromatic carbocycles. The third-order valence-electron chi connectivity index (χ3n) is 5.00. The SMILES string of the molecule is CCC(C)(C)N(C)C1(CN)CCCCC1OC. The first kappa shape index (κ1) is 14.9. The number of ether oxygens (including phenoxy) is 1. The van der Waals surface area contributed by atoms with Crippen molar-refractivity contribution >= 4 is 0 Å². The Hall–Kier alpha value is -0.120. The highest BCUT2D eigenvalue weighted by Crippen LogP contribution is 2.38. The first-order valence-electron chi connectivity index (χ1n) is 6.91. The minimum Gasteiger partial charge on any atom is -0.379 e. The lowest BCUT2D eigenvalue weighted by molar-refractivity contribution is -0.0996. The molecule has 0 heterocycles. The molecule has 2 unspecified atom stereocenters. The summed E-state index contributed by atoms with van der Waals surface area (Å²) in [6, 6.07) is 0. The van der Waals surface area contributed by atoms with Crippen molar-refractivity contribution in [2.24, 2.45) is 5.73 Å². The standard InChI is InChI=1S/C14H30N2O/c1-6-13(2,3)16(4)14(11-15)10-8-7-9-12(14)17-5/h12H,6-11,15H2,1-5H3. The molecule has 3 nitrogen and oxygen atoms in total. The fraction of sp³-hybridized carbons (Fsp3) is 1.00. The van der Waals surface area contributed by atoms with Crippen molar-refractivity contribution in [1.29, 1.82) is 0 Å². The van der Waals surface area contributed by atoms with Gasteiger partial charge in [-0.1, -0.05) is 19.8 Å². The summed E-state index contributed by atoms with van der Waals surface area (Å²) in [5.41, 5.74) is 6.33. The monoisotopic (exact) mass is 242 g/mol. The number of hydrogen-bond donors (Lipinski definition) is 1. The zero-order chi connectivity index (χ0) is 13.1. The highest BCUT2D eigenvalue weighted by molar-refractivity contribution is 5.03. The molecule has 0 bridgehead atoms. The van der Waals surface area contributed by atoms with Gasteiger partial charge in [0.15, 0.2) is 0 Å². The molecule has 0 aromatic heterocycles. The third-order valence-corrected chi connectivity index (χ3v) is 5.00. The summed E-state index contributed by atoms with van der Waals surface area (Å²) < 4.78 is 5.74. The van der Waals surface area contributed by atoms with Gasteiger partial charge < -0.3 is 10.5 Å². The van der Waals surface area contributed by atoms with Gasteiger partial charge in [0.1, 0.15) is 0 Å². The maximum atomic E-state index is 6.13. The molecular weight excluding hydrogens is 212 g/mol. The molecule has 0 saturated heterocycles. The highest BCUT2D eigenvalue weighted by atomic mass is 16.5. The van der Waals surface area contributed by atoms with Gasteiger partial charge in [-0.3, -0.25) is 4.90 Å². The second kappa shape index (κ2) is 5.68. The number of rotatable bonds is 5. The van der Waals surface area contributed by atoms with E-state index in [1.54, 1.807) is 0 Å². The minimum atomic E-state index is 0.0203. The predicted octanol–water partition coefficient (Wildman–Crippen LogP) is 2.39. The van der Waals surface area contributed by atoms with Crippen molar-refractivity contribution in [1.82, 2.24) is 4.90 Å². The van der Waals surface area contributed by atoms with E-state index in [1.807, 2.05) is 7.11 Å². The molecule has 0 spiro atoms. The quantitative estimate of drug-likeness (QED) is 0.804. The lowest BCUT2D eigenvalue weighted by Gasteiger charge is -2.54. The molecule has 2 atom stereocenters. The van der Waals surface area contributed by atoms with Gasteiger partial charge in [0.25, 0.3) is 0 Å². The Bertz CT molecular complexity index is 242. The molecule has 1 aliphatic carbocycles. The third kappa shape index (κ3) is 2.67. The second-order valence-electron chi connectivity index (χ2n) is 6.00. The van der Waals surface area contributed by atoms with Gasteiger partial charge in [-0.2, -0.15) is 0 Å². The maximum Gasteiger partial charge on any atom is 0.0767 e. The van der Waals surface area contributed by atoms with Gasteiger partial charge in [-0.25, -0.2) is 0 Å². The van der Waals surface area contributed by atoms with Gasteiger partial charge in [0, 0.05) is 19.2 Å². The van der Waals surface area contributed by atoms with Crippen molar-refractivity contribution in [2.75, 3.05) is 20.7 Å². The molecule has 1 aliphatic rings. The Balaban J connectivity index is 2.99. The van der Waals surface area contributed by atoms with Crippen LogP contribution in [0.3, 0.4) is 0 Å². The summed E-state index contributed by atoms with van der Waals surface area (Å²) in [7, 11) is 4.04. The summed E-state index contributed by atoms with van der Waals surface area (Å²) >= 11 is 0. The average Bonchev–Trinajstić information content (AvgIpc) is 2.37. The smallest absolute Gasteiger partial charge is 0.0767 e. The Morgan fingerprint density at radius 2 is 2.06 bits per heavy atom. The van der Waals surface area contributed by atoms with E-state index in [0.29, 0.717) is 6.54 Å². The van der Waals surface area contributed by atoms with E-state index >= 15 is 0 Å². The molecule has 0 amide bonds. The Morgan fingerprint density at radius 3 is 2.53 bits per heavy atom. The molecule has 3 heteroatoms. The van der Waals surface area contributed by atoms with Crippen LogP contribution >= 0.6 is 0 Å². The van der Waals surface area contributed by atoms with Crippen LogP contribution in [-0.2, 0) is 4.74 Å². The normalized spacial score (nSPS) is 30.9. The lowest BCUT2D eigenvalue weighted by Crippen LogP contribution is -2.66. The number of nitrogens with two attached hydrogens (primary N) is 1. The van der Waals surface area contributed by atoms with Crippen molar-refractivity contribution < 1.29 is 4.74 Å². The molecule has 1 fully saturated rings. The van der Waals surface area contributed by atoms with E-state index in [-0.39, 0.29) is 17.2 Å². The number of likely N-dealkylation sites (N-methyl/N-ethyl adjacent to an activating group) is 1. The summed E-state index contributed by atoms with van der Waals surface area (Å²) in [5.74, 6) is 0. The Labute approximate surface area is 107 Å². The molecule has 17 heavy (non-hydrogen) atoms. The Morgan fingerprint density at radius 1 is 1.41 bits per heavy atom. The van der Waals surface area contributed by atoms with E-state index < -0.39 is 0 Å². The van der Waals surface area contributed by atoms with Gasteiger partial charge in [0.2, 0.25) is 0 Å². The maximum absolute atomic E-state index is 6.13. The van der Waals surface area contributed by atoms with Crippen molar-refractivity contribution in [3.05, 3.63) is 0 Å². The van der Waals surface area contributed by atoms with E-state index in [9.17, 15) is 0 Å². The molecule has 1 rings (SSSR count). The minimum absolute atomic E-state index is 0.0203. The fourth-order valence-corrected chi connectivity index (χ4v) is 3.12. The first-order valence-corrected chi connectivity index (χ1v) is 6.91. The summed E-state index contributed by atoms with van der Waals surface area (Å²) in [6.07, 6.45) is 6.22. The molecule has 0 radical (unpaired) electrons. The van der Waals surface area contributed by atoms with Crippen LogP contribution in [0.4, 0.5) is 0 Å². The predicted molar refractivity (Wildman–Crippen MR) is 73.2 cm³/mol. The molecule has 2 N–H and O–H groups in total. The first-order chi connectivity index (χ1) is 7.94. The van der Waals surface area contributed by atoms with E-state index in [4.69, 9.17) is 10.5 Å². The van der Waals surface area contributed by atoms with Crippen LogP contribution in [-0.4, -0.2) is 42.8 Å². The fourth-order valence-electron chi connectivity index (χ4n) is 3.12. The molecule has 1 saturated carbocycles. The van der Waals surface area contributed by atoms with E-state index in [1.165, 1.54) is 12.8 Å². The van der Waals surface area contributed by atoms with Crippen LogP contribution in [0.1, 0.15) is 52.9 Å². The van der Waals surface area contributed by atoms with Crippen LogP contribution in [0.5, 0.6) is 0 Å². The number of methoxy groups -OCH3 is 1. The van der Waals surface area contributed by atoms with E-state index in [2.05, 4.69) is 32.7 Å². The van der Waals surface area contributed by atoms with Crippen LogP contribution in [0.2, 0.25) is 0 Å². The summed E-state index contributed by atoms with van der Waals surface area (Å²) in [6.45, 7) is 7.52. The van der Waals surface area contributed by atoms with Crippen molar-refractivity contribution in [3.63, 3.8) is 0 Å². The van der Waals surface area contributed by atoms with Crippen LogP contribution in [0.25, 0.3) is 0 Å². The Kier molecular flexibility index (Phi) is 4.99. The summed E-state index contributed by atoms with van der Waals surface area (Å²) in [5, 5.41) is 0. The molecular formula is C14H30N2O. The van der Waals surface area contributed by atoms with Gasteiger partial charge in [-0.15, -0.1) is 0 Å². The zero-order valence-electron chi connectivity index (χ0n) is 12.3. The van der Waals surface area contributed by atoms with Gasteiger partial charge in [-0.05, 0) is 40.2 Å². The van der Waals surface area contributed by atoms with Crippen molar-refractivity contribution in [2.45, 2.75) is 70.1 Å². The average molecular weight is 242 g/mol. The number of nitrogens with zero attached hydrogens (tertiary/aromatic N) is 1. The van der Waals surface area contributed by atoms with Gasteiger partial charge >= 0.3 is 0 Å². The molecule has 102 valence electrons. The highest BCUT2D eigenvalue weighted by Gasteiger charge is 2.47. The lowest BCUT2D eigenvalue weighted by atomic mass is 9.75. The van der Waals surface area contributed by atoms with Crippen LogP contribution in [0, 0.1) is 0 Å². The van der Waals surface area contributed by atoms with Crippen LogP contribution < -0.4 is 5.73 Å². The largest absolute Gasteiger partial charge is 0.379 e. The molecule has 0 aromatic rings. The molecule has 0 aliphatic heterocycles. The second-order valence-corrected chi connectivity index (χ2v) is 6.00. The topological polar surface area (TPSA) is 38.5 Å². The van der Waals surface area contributed by atoms with E-state index in [0.717, 1.165) is 19.3 Å². The number of hydrogen-bond acceptors (Lipinski definition) is 3.